The lowest BCUT2D eigenvalue weighted by Crippen LogP contribution is -2.26. The Bertz CT molecular complexity index is 595. The van der Waals surface area contributed by atoms with Crippen LogP contribution < -0.4 is 4.74 Å². The second-order valence-electron chi connectivity index (χ2n) is 7.42. The Morgan fingerprint density at radius 2 is 1.41 bits per heavy atom. The van der Waals surface area contributed by atoms with Gasteiger partial charge >= 0.3 is 0 Å². The molecule has 0 aromatic heterocycles. The van der Waals surface area contributed by atoms with Crippen LogP contribution in [0.5, 0.6) is 5.75 Å². The van der Waals surface area contributed by atoms with Crippen LogP contribution in [-0.2, 0) is 23.0 Å². The van der Waals surface area contributed by atoms with Crippen LogP contribution in [0.15, 0.2) is 18.2 Å². The van der Waals surface area contributed by atoms with Gasteiger partial charge in [0.2, 0.25) is 0 Å². The van der Waals surface area contributed by atoms with Gasteiger partial charge in [-0.3, -0.25) is 4.55 Å². The van der Waals surface area contributed by atoms with Gasteiger partial charge in [-0.15, -0.1) is 0 Å². The van der Waals surface area contributed by atoms with Crippen molar-refractivity contribution < 1.29 is 17.7 Å². The Morgan fingerprint density at radius 3 is 1.81 bits per heavy atom. The minimum absolute atomic E-state index is 0.358. The van der Waals surface area contributed by atoms with Crippen LogP contribution in [0.2, 0.25) is 0 Å². The topological polar surface area (TPSA) is 63.6 Å². The van der Waals surface area contributed by atoms with E-state index in [2.05, 4.69) is 32.0 Å². The number of unbranched alkanes of at least 4 members (excludes halogenated alkanes) is 6. The first-order chi connectivity index (χ1) is 12.9. The average molecular weight is 399 g/mol. The number of benzene rings is 1. The highest BCUT2D eigenvalue weighted by atomic mass is 32.2. The molecule has 4 nitrogen and oxygen atoms in total. The number of hydrogen-bond acceptors (Lipinski definition) is 3. The summed E-state index contributed by atoms with van der Waals surface area (Å²) >= 11 is 0. The molecule has 0 aliphatic rings. The van der Waals surface area contributed by atoms with Gasteiger partial charge in [0.15, 0.2) is 0 Å². The van der Waals surface area contributed by atoms with Gasteiger partial charge in [-0.05, 0) is 43.2 Å². The second-order valence-corrected chi connectivity index (χ2v) is 8.92. The van der Waals surface area contributed by atoms with Gasteiger partial charge in [-0.25, -0.2) is 0 Å². The zero-order valence-electron chi connectivity index (χ0n) is 17.4. The molecule has 0 spiro atoms. The SMILES string of the molecule is CCCCCCc1cccc(CCCCCC)c1OC(CC)CS(=O)(=O)O. The van der Waals surface area contributed by atoms with E-state index >= 15 is 0 Å². The predicted octanol–water partition coefficient (Wildman–Crippen LogP) is 5.98. The lowest BCUT2D eigenvalue weighted by atomic mass is 9.98. The Balaban J connectivity index is 2.96. The molecule has 27 heavy (non-hydrogen) atoms. The van der Waals surface area contributed by atoms with Crippen LogP contribution in [0.3, 0.4) is 0 Å². The highest BCUT2D eigenvalue weighted by molar-refractivity contribution is 7.85. The quantitative estimate of drug-likeness (QED) is 0.292. The molecule has 0 saturated carbocycles. The maximum absolute atomic E-state index is 11.3. The van der Waals surface area contributed by atoms with Crippen molar-refractivity contribution in [2.24, 2.45) is 0 Å². The molecule has 1 aromatic rings. The summed E-state index contributed by atoms with van der Waals surface area (Å²) in [6.07, 6.45) is 11.4. The predicted molar refractivity (Wildman–Crippen MR) is 113 cm³/mol. The maximum Gasteiger partial charge on any atom is 0.268 e. The molecule has 1 atom stereocenters. The standard InChI is InChI=1S/C22H38O4S/c1-4-7-9-11-14-19-16-13-17-20(15-12-10-8-5-2)22(19)26-21(6-3)18-27(23,24)25/h13,16-17,21H,4-12,14-15,18H2,1-3H3,(H,23,24,25). The molecule has 0 radical (unpaired) electrons. The smallest absolute Gasteiger partial charge is 0.268 e. The summed E-state index contributed by atoms with van der Waals surface area (Å²) in [5.41, 5.74) is 2.32. The van der Waals surface area contributed by atoms with Gasteiger partial charge in [0, 0.05) is 0 Å². The fraction of sp³-hybridized carbons (Fsp3) is 0.727. The van der Waals surface area contributed by atoms with E-state index in [1.54, 1.807) is 0 Å². The largest absolute Gasteiger partial charge is 0.489 e. The van der Waals surface area contributed by atoms with Crippen LogP contribution >= 0.6 is 0 Å². The Hall–Kier alpha value is -1.07. The zero-order valence-corrected chi connectivity index (χ0v) is 18.2. The maximum atomic E-state index is 11.3. The van der Waals surface area contributed by atoms with Gasteiger partial charge in [0.05, 0.1) is 0 Å². The van der Waals surface area contributed by atoms with Crippen molar-refractivity contribution in [1.82, 2.24) is 0 Å². The molecule has 0 aliphatic heterocycles. The number of hydrogen-bond donors (Lipinski definition) is 1. The third-order valence-corrected chi connectivity index (χ3v) is 5.71. The fourth-order valence-corrected chi connectivity index (χ4v) is 4.08. The highest BCUT2D eigenvalue weighted by Gasteiger charge is 2.20. The molecular formula is C22H38O4S. The van der Waals surface area contributed by atoms with E-state index in [1.165, 1.54) is 38.5 Å². The number of aryl methyl sites for hydroxylation is 2. The molecule has 1 rings (SSSR count). The zero-order chi connectivity index (χ0) is 20.1. The van der Waals surface area contributed by atoms with Crippen LogP contribution in [0.1, 0.15) is 89.7 Å². The molecule has 1 aromatic carbocycles. The van der Waals surface area contributed by atoms with E-state index in [0.717, 1.165) is 42.6 Å². The van der Waals surface area contributed by atoms with Crippen molar-refractivity contribution in [3.8, 4) is 5.75 Å². The second kappa shape index (κ2) is 13.2. The molecule has 1 N–H and O–H groups in total. The normalized spacial score (nSPS) is 12.9. The molecule has 1 unspecified atom stereocenters. The number of rotatable bonds is 15. The van der Waals surface area contributed by atoms with Gasteiger partial charge in [0.25, 0.3) is 10.1 Å². The van der Waals surface area contributed by atoms with Crippen LogP contribution in [0.25, 0.3) is 0 Å². The van der Waals surface area contributed by atoms with Gasteiger partial charge < -0.3 is 4.74 Å². The third kappa shape index (κ3) is 10.2. The minimum Gasteiger partial charge on any atom is -0.489 e. The molecule has 0 bridgehead atoms. The first kappa shape index (κ1) is 24.0. The molecular weight excluding hydrogens is 360 g/mol. The Labute approximate surface area is 166 Å². The molecule has 0 fully saturated rings. The summed E-state index contributed by atoms with van der Waals surface area (Å²) in [6, 6.07) is 6.27. The van der Waals surface area contributed by atoms with Gasteiger partial charge in [0.1, 0.15) is 17.6 Å². The molecule has 156 valence electrons. The summed E-state index contributed by atoms with van der Waals surface area (Å²) in [5.74, 6) is 0.490. The van der Waals surface area contributed by atoms with Crippen molar-refractivity contribution in [2.75, 3.05) is 5.75 Å². The number of ether oxygens (including phenoxy) is 1. The van der Waals surface area contributed by atoms with E-state index in [0.29, 0.717) is 6.42 Å². The van der Waals surface area contributed by atoms with E-state index < -0.39 is 16.2 Å². The lowest BCUT2D eigenvalue weighted by molar-refractivity contribution is 0.212. The van der Waals surface area contributed by atoms with Gasteiger partial charge in [-0.2, -0.15) is 8.42 Å². The van der Waals surface area contributed by atoms with Crippen molar-refractivity contribution in [3.63, 3.8) is 0 Å². The summed E-state index contributed by atoms with van der Waals surface area (Å²) in [4.78, 5) is 0. The van der Waals surface area contributed by atoms with E-state index in [4.69, 9.17) is 4.74 Å². The van der Waals surface area contributed by atoms with Crippen molar-refractivity contribution in [2.45, 2.75) is 97.5 Å². The van der Waals surface area contributed by atoms with Crippen LogP contribution in [0, 0.1) is 0 Å². The van der Waals surface area contributed by atoms with Crippen molar-refractivity contribution in [3.05, 3.63) is 29.3 Å². The van der Waals surface area contributed by atoms with Gasteiger partial charge in [-0.1, -0.05) is 77.5 Å². The average Bonchev–Trinajstić information content (AvgIpc) is 2.62. The summed E-state index contributed by atoms with van der Waals surface area (Å²) in [6.45, 7) is 6.29. The van der Waals surface area contributed by atoms with Crippen molar-refractivity contribution >= 4 is 10.1 Å². The van der Waals surface area contributed by atoms with E-state index in [9.17, 15) is 13.0 Å². The molecule has 0 heterocycles. The van der Waals surface area contributed by atoms with Crippen molar-refractivity contribution in [1.29, 1.82) is 0 Å². The summed E-state index contributed by atoms with van der Waals surface area (Å²) < 4.78 is 38.1. The molecule has 5 heteroatoms. The third-order valence-electron chi connectivity index (χ3n) is 4.91. The highest BCUT2D eigenvalue weighted by Crippen LogP contribution is 2.29. The minimum atomic E-state index is -4.05. The van der Waals surface area contributed by atoms with Crippen LogP contribution in [0.4, 0.5) is 0 Å². The summed E-state index contributed by atoms with van der Waals surface area (Å²) in [5, 5.41) is 0. The van der Waals surface area contributed by atoms with Crippen LogP contribution in [-0.4, -0.2) is 24.8 Å². The monoisotopic (exact) mass is 398 g/mol. The number of para-hydroxylation sites is 1. The Morgan fingerprint density at radius 1 is 0.889 bits per heavy atom. The molecule has 0 aliphatic carbocycles. The van der Waals surface area contributed by atoms with E-state index in [-0.39, 0.29) is 5.75 Å². The first-order valence-electron chi connectivity index (χ1n) is 10.6. The summed E-state index contributed by atoms with van der Waals surface area (Å²) in [7, 11) is -4.05. The first-order valence-corrected chi connectivity index (χ1v) is 12.2. The Kier molecular flexibility index (Phi) is 11.7. The fourth-order valence-electron chi connectivity index (χ4n) is 3.30. The molecule has 0 amide bonds. The van der Waals surface area contributed by atoms with E-state index in [1.807, 2.05) is 6.92 Å². The molecule has 0 saturated heterocycles. The lowest BCUT2D eigenvalue weighted by Gasteiger charge is -2.22.